The molecule has 7 nitrogen and oxygen atoms in total. The molecule has 0 saturated carbocycles. The largest absolute Gasteiger partial charge is 0.478 e. The van der Waals surface area contributed by atoms with Gasteiger partial charge in [0.2, 0.25) is 0 Å². The van der Waals surface area contributed by atoms with Crippen LogP contribution >= 0.6 is 0 Å². The van der Waals surface area contributed by atoms with E-state index in [0.717, 1.165) is 24.0 Å². The Hall–Kier alpha value is -3.45. The SMILES string of the molecule is CCCCc1nc(C(C)CO)c(C(=O)O)n1Cc1ccc(-c2ccccc2C(=O)O)cc1. The molecule has 1 heterocycles. The van der Waals surface area contributed by atoms with Crippen molar-refractivity contribution in [1.82, 2.24) is 9.55 Å². The van der Waals surface area contributed by atoms with Crippen LogP contribution in [-0.2, 0) is 13.0 Å². The zero-order valence-electron chi connectivity index (χ0n) is 18.3. The van der Waals surface area contributed by atoms with Crippen LogP contribution in [0.3, 0.4) is 0 Å². The van der Waals surface area contributed by atoms with Gasteiger partial charge >= 0.3 is 11.9 Å². The molecule has 0 aliphatic rings. The summed E-state index contributed by atoms with van der Waals surface area (Å²) in [4.78, 5) is 28.2. The molecular formula is C25H28N2O5. The molecule has 0 spiro atoms. The molecule has 168 valence electrons. The van der Waals surface area contributed by atoms with E-state index in [9.17, 15) is 24.9 Å². The molecule has 2 aromatic carbocycles. The minimum Gasteiger partial charge on any atom is -0.478 e. The number of aromatic nitrogens is 2. The van der Waals surface area contributed by atoms with E-state index in [1.54, 1.807) is 35.8 Å². The second-order valence-corrected chi connectivity index (χ2v) is 7.89. The number of benzene rings is 2. The van der Waals surface area contributed by atoms with Crippen LogP contribution in [0.25, 0.3) is 11.1 Å². The number of carboxylic acids is 2. The second-order valence-electron chi connectivity index (χ2n) is 7.89. The van der Waals surface area contributed by atoms with Gasteiger partial charge in [-0.25, -0.2) is 14.6 Å². The number of carbonyl (C=O) groups is 2. The van der Waals surface area contributed by atoms with Gasteiger partial charge in [-0.1, -0.05) is 62.7 Å². The number of carboxylic acid groups (broad SMARTS) is 2. The van der Waals surface area contributed by atoms with Crippen molar-refractivity contribution in [3.05, 3.63) is 76.9 Å². The van der Waals surface area contributed by atoms with Crippen molar-refractivity contribution in [3.8, 4) is 11.1 Å². The van der Waals surface area contributed by atoms with E-state index in [1.807, 2.05) is 24.3 Å². The number of aliphatic hydroxyl groups is 1. The number of imidazole rings is 1. The Bertz CT molecular complexity index is 1100. The molecule has 0 bridgehead atoms. The van der Waals surface area contributed by atoms with Gasteiger partial charge in [0.05, 0.1) is 17.9 Å². The van der Waals surface area contributed by atoms with Crippen molar-refractivity contribution >= 4 is 11.9 Å². The Morgan fingerprint density at radius 1 is 1.03 bits per heavy atom. The number of aliphatic hydroxyl groups excluding tert-OH is 1. The highest BCUT2D eigenvalue weighted by Crippen LogP contribution is 2.26. The molecular weight excluding hydrogens is 408 g/mol. The predicted octanol–water partition coefficient (Wildman–Crippen LogP) is 4.43. The first-order valence-electron chi connectivity index (χ1n) is 10.7. The third-order valence-electron chi connectivity index (χ3n) is 5.53. The van der Waals surface area contributed by atoms with Crippen LogP contribution in [0.2, 0.25) is 0 Å². The van der Waals surface area contributed by atoms with Gasteiger partial charge in [-0.3, -0.25) is 0 Å². The summed E-state index contributed by atoms with van der Waals surface area (Å²) in [6.07, 6.45) is 2.49. The molecule has 0 radical (unpaired) electrons. The number of aryl methyl sites for hydroxylation is 1. The third-order valence-corrected chi connectivity index (χ3v) is 5.53. The normalized spacial score (nSPS) is 12.0. The fourth-order valence-electron chi connectivity index (χ4n) is 3.76. The fourth-order valence-corrected chi connectivity index (χ4v) is 3.76. The monoisotopic (exact) mass is 436 g/mol. The van der Waals surface area contributed by atoms with Crippen LogP contribution in [0, 0.1) is 0 Å². The van der Waals surface area contributed by atoms with Crippen molar-refractivity contribution in [1.29, 1.82) is 0 Å². The van der Waals surface area contributed by atoms with E-state index in [4.69, 9.17) is 0 Å². The molecule has 1 atom stereocenters. The summed E-state index contributed by atoms with van der Waals surface area (Å²) in [6.45, 7) is 3.97. The van der Waals surface area contributed by atoms with E-state index in [2.05, 4.69) is 11.9 Å². The highest BCUT2D eigenvalue weighted by atomic mass is 16.4. The number of hydrogen-bond acceptors (Lipinski definition) is 4. The standard InChI is InChI=1S/C25H28N2O5/c1-3-4-9-21-26-22(16(2)15-28)23(25(31)32)27(21)14-17-10-12-18(13-11-17)19-7-5-6-8-20(19)24(29)30/h5-8,10-13,16,28H,3-4,9,14-15H2,1-2H3,(H,29,30)(H,31,32). The summed E-state index contributed by atoms with van der Waals surface area (Å²) in [7, 11) is 0. The molecule has 0 fully saturated rings. The van der Waals surface area contributed by atoms with Crippen LogP contribution in [0.1, 0.15) is 70.5 Å². The van der Waals surface area contributed by atoms with Crippen molar-refractivity contribution in [2.75, 3.05) is 6.61 Å². The van der Waals surface area contributed by atoms with Gasteiger partial charge in [0.15, 0.2) is 5.69 Å². The smallest absolute Gasteiger partial charge is 0.354 e. The lowest BCUT2D eigenvalue weighted by atomic mass is 9.98. The van der Waals surface area contributed by atoms with E-state index >= 15 is 0 Å². The maximum Gasteiger partial charge on any atom is 0.354 e. The van der Waals surface area contributed by atoms with Crippen LogP contribution in [0.4, 0.5) is 0 Å². The van der Waals surface area contributed by atoms with Crippen molar-refractivity contribution in [2.24, 2.45) is 0 Å². The summed E-state index contributed by atoms with van der Waals surface area (Å²) in [5, 5.41) is 28.9. The zero-order chi connectivity index (χ0) is 23.3. The lowest BCUT2D eigenvalue weighted by Gasteiger charge is -2.12. The highest BCUT2D eigenvalue weighted by Gasteiger charge is 2.25. The molecule has 0 aliphatic carbocycles. The van der Waals surface area contributed by atoms with Crippen LogP contribution in [-0.4, -0.2) is 43.4 Å². The Morgan fingerprint density at radius 2 is 1.72 bits per heavy atom. The summed E-state index contributed by atoms with van der Waals surface area (Å²) >= 11 is 0. The number of hydrogen-bond donors (Lipinski definition) is 3. The maximum absolute atomic E-state index is 12.1. The summed E-state index contributed by atoms with van der Waals surface area (Å²) in [5.41, 5.74) is 3.02. The molecule has 1 unspecified atom stereocenters. The highest BCUT2D eigenvalue weighted by molar-refractivity contribution is 5.96. The first kappa shape index (κ1) is 23.2. The van der Waals surface area contributed by atoms with Gasteiger partial charge < -0.3 is 19.9 Å². The molecule has 7 heteroatoms. The molecule has 3 rings (SSSR count). The van der Waals surface area contributed by atoms with E-state index in [-0.39, 0.29) is 23.8 Å². The van der Waals surface area contributed by atoms with Crippen molar-refractivity contribution in [2.45, 2.75) is 45.6 Å². The zero-order valence-corrected chi connectivity index (χ0v) is 18.3. The van der Waals surface area contributed by atoms with Gasteiger partial charge in [0.25, 0.3) is 0 Å². The first-order chi connectivity index (χ1) is 15.4. The minimum absolute atomic E-state index is 0.109. The third kappa shape index (κ3) is 4.89. The van der Waals surface area contributed by atoms with E-state index in [1.165, 1.54) is 0 Å². The predicted molar refractivity (Wildman–Crippen MR) is 121 cm³/mol. The quantitative estimate of drug-likeness (QED) is 0.433. The van der Waals surface area contributed by atoms with Crippen molar-refractivity contribution < 1.29 is 24.9 Å². The molecule has 3 N–H and O–H groups in total. The summed E-state index contributed by atoms with van der Waals surface area (Å²) < 4.78 is 1.72. The molecule has 1 aromatic heterocycles. The van der Waals surface area contributed by atoms with Gasteiger partial charge in [0, 0.05) is 18.9 Å². The minimum atomic E-state index is -1.07. The first-order valence-corrected chi connectivity index (χ1v) is 10.7. The summed E-state index contributed by atoms with van der Waals surface area (Å²) in [5.74, 6) is -1.74. The Kier molecular flexibility index (Phi) is 7.43. The Labute approximate surface area is 187 Å². The van der Waals surface area contributed by atoms with Gasteiger partial charge in [0.1, 0.15) is 5.82 Å². The number of unbranched alkanes of at least 4 members (excludes halogenated alkanes) is 1. The average Bonchev–Trinajstić information content (AvgIpc) is 3.15. The maximum atomic E-state index is 12.1. The second kappa shape index (κ2) is 10.2. The van der Waals surface area contributed by atoms with Gasteiger partial charge in [-0.15, -0.1) is 0 Å². The van der Waals surface area contributed by atoms with Crippen LogP contribution < -0.4 is 0 Å². The fraction of sp³-hybridized carbons (Fsp3) is 0.320. The van der Waals surface area contributed by atoms with Crippen LogP contribution in [0.5, 0.6) is 0 Å². The molecule has 3 aromatic rings. The molecule has 32 heavy (non-hydrogen) atoms. The topological polar surface area (TPSA) is 113 Å². The number of rotatable bonds is 10. The molecule has 0 amide bonds. The molecule has 0 saturated heterocycles. The average molecular weight is 437 g/mol. The van der Waals surface area contributed by atoms with Crippen molar-refractivity contribution in [3.63, 3.8) is 0 Å². The van der Waals surface area contributed by atoms with E-state index in [0.29, 0.717) is 30.0 Å². The summed E-state index contributed by atoms with van der Waals surface area (Å²) in [6, 6.07) is 14.3. The van der Waals surface area contributed by atoms with Gasteiger partial charge in [-0.05, 0) is 29.2 Å². The lowest BCUT2D eigenvalue weighted by molar-refractivity contribution is 0.0677. The van der Waals surface area contributed by atoms with E-state index < -0.39 is 11.9 Å². The van der Waals surface area contributed by atoms with Crippen LogP contribution in [0.15, 0.2) is 48.5 Å². The number of aromatic carboxylic acids is 2. The lowest BCUT2D eigenvalue weighted by Crippen LogP contribution is -2.15. The number of nitrogens with zero attached hydrogens (tertiary/aromatic N) is 2. The molecule has 0 aliphatic heterocycles. The Morgan fingerprint density at radius 3 is 2.31 bits per heavy atom. The van der Waals surface area contributed by atoms with Gasteiger partial charge in [-0.2, -0.15) is 0 Å². The Balaban J connectivity index is 1.98.